The van der Waals surface area contributed by atoms with Crippen LogP contribution in [-0.4, -0.2) is 4.98 Å². The molecule has 0 saturated heterocycles. The maximum atomic E-state index is 13.5. The van der Waals surface area contributed by atoms with Gasteiger partial charge in [0.2, 0.25) is 0 Å². The number of nitrogens with one attached hydrogen (secondary N) is 1. The first kappa shape index (κ1) is 12.6. The standard InChI is InChI=1S/C15H9FN2O/c1-3-10-5-11(7-12(16)6-10)13-4-9(2)18-15(19)14(13)8-17/h1,4-7H,2H3,(H,18,19). The van der Waals surface area contributed by atoms with Crippen molar-refractivity contribution in [2.45, 2.75) is 6.92 Å². The largest absolute Gasteiger partial charge is 0.325 e. The Kier molecular flexibility index (Phi) is 3.18. The lowest BCUT2D eigenvalue weighted by Gasteiger charge is -2.06. The first-order valence-corrected chi connectivity index (χ1v) is 5.46. The Morgan fingerprint density at radius 1 is 1.32 bits per heavy atom. The highest BCUT2D eigenvalue weighted by Gasteiger charge is 2.11. The van der Waals surface area contributed by atoms with Gasteiger partial charge in [0.25, 0.3) is 5.56 Å². The summed E-state index contributed by atoms with van der Waals surface area (Å²) in [6.45, 7) is 1.69. The van der Waals surface area contributed by atoms with Gasteiger partial charge >= 0.3 is 0 Å². The van der Waals surface area contributed by atoms with E-state index in [2.05, 4.69) is 10.9 Å². The lowest BCUT2D eigenvalue weighted by Crippen LogP contribution is -2.12. The summed E-state index contributed by atoms with van der Waals surface area (Å²) in [4.78, 5) is 14.2. The SMILES string of the molecule is C#Cc1cc(F)cc(-c2cc(C)[nH]c(=O)c2C#N)c1. The topological polar surface area (TPSA) is 56.6 Å². The fourth-order valence-electron chi connectivity index (χ4n) is 1.86. The van der Waals surface area contributed by atoms with Crippen molar-refractivity contribution in [1.29, 1.82) is 5.26 Å². The van der Waals surface area contributed by atoms with Crippen LogP contribution in [0.5, 0.6) is 0 Å². The van der Waals surface area contributed by atoms with Gasteiger partial charge < -0.3 is 4.98 Å². The Morgan fingerprint density at radius 2 is 2.05 bits per heavy atom. The van der Waals surface area contributed by atoms with E-state index >= 15 is 0 Å². The summed E-state index contributed by atoms with van der Waals surface area (Å²) in [6, 6.07) is 7.48. The zero-order chi connectivity index (χ0) is 14.0. The van der Waals surface area contributed by atoms with Crippen molar-refractivity contribution < 1.29 is 4.39 Å². The molecular formula is C15H9FN2O. The zero-order valence-corrected chi connectivity index (χ0v) is 10.1. The molecule has 3 nitrogen and oxygen atoms in total. The Labute approximate surface area is 109 Å². The number of nitrogens with zero attached hydrogens (tertiary/aromatic N) is 1. The van der Waals surface area contributed by atoms with Crippen LogP contribution in [0, 0.1) is 36.4 Å². The normalized spacial score (nSPS) is 9.68. The molecule has 1 N–H and O–H groups in total. The molecule has 0 aliphatic carbocycles. The molecule has 1 aromatic heterocycles. The Bertz CT molecular complexity index is 791. The molecule has 0 amide bonds. The average Bonchev–Trinajstić information content (AvgIpc) is 2.37. The number of nitriles is 1. The molecule has 0 unspecified atom stereocenters. The highest BCUT2D eigenvalue weighted by Crippen LogP contribution is 2.24. The number of hydrogen-bond acceptors (Lipinski definition) is 2. The molecule has 2 rings (SSSR count). The number of terminal acetylenes is 1. The van der Waals surface area contributed by atoms with Gasteiger partial charge in [-0.25, -0.2) is 4.39 Å². The Balaban J connectivity index is 2.80. The van der Waals surface area contributed by atoms with Crippen LogP contribution in [0.1, 0.15) is 16.8 Å². The van der Waals surface area contributed by atoms with Crippen molar-refractivity contribution in [3.8, 4) is 29.5 Å². The van der Waals surface area contributed by atoms with Crippen LogP contribution in [0.25, 0.3) is 11.1 Å². The maximum Gasteiger partial charge on any atom is 0.266 e. The Hall–Kier alpha value is -2.85. The molecule has 0 radical (unpaired) electrons. The second kappa shape index (κ2) is 4.80. The Morgan fingerprint density at radius 3 is 2.68 bits per heavy atom. The molecule has 4 heteroatoms. The molecule has 0 fully saturated rings. The molecule has 0 bridgehead atoms. The fourth-order valence-corrected chi connectivity index (χ4v) is 1.86. The lowest BCUT2D eigenvalue weighted by atomic mass is 9.99. The van der Waals surface area contributed by atoms with Crippen LogP contribution in [-0.2, 0) is 0 Å². The second-order valence-corrected chi connectivity index (χ2v) is 4.05. The quantitative estimate of drug-likeness (QED) is 0.792. The minimum absolute atomic E-state index is 0.0563. The van der Waals surface area contributed by atoms with Crippen LogP contribution in [0.4, 0.5) is 4.39 Å². The smallest absolute Gasteiger partial charge is 0.266 e. The summed E-state index contributed by atoms with van der Waals surface area (Å²) in [6.07, 6.45) is 5.25. The number of pyridine rings is 1. The molecule has 2 aromatic rings. The summed E-state index contributed by atoms with van der Waals surface area (Å²) in [5, 5.41) is 9.04. The number of halogens is 1. The number of hydrogen-bond donors (Lipinski definition) is 1. The van der Waals surface area contributed by atoms with Crippen molar-refractivity contribution in [2.24, 2.45) is 0 Å². The monoisotopic (exact) mass is 252 g/mol. The van der Waals surface area contributed by atoms with E-state index in [1.165, 1.54) is 12.1 Å². The molecule has 0 spiro atoms. The van der Waals surface area contributed by atoms with Crippen LogP contribution in [0.2, 0.25) is 0 Å². The first-order chi connectivity index (χ1) is 9.05. The van der Waals surface area contributed by atoms with Gasteiger partial charge in [-0.05, 0) is 36.8 Å². The summed E-state index contributed by atoms with van der Waals surface area (Å²) < 4.78 is 13.5. The maximum absolute atomic E-state index is 13.5. The van der Waals surface area contributed by atoms with Gasteiger partial charge in [0.1, 0.15) is 17.4 Å². The predicted molar refractivity (Wildman–Crippen MR) is 69.8 cm³/mol. The van der Waals surface area contributed by atoms with E-state index in [1.807, 2.05) is 6.07 Å². The molecular weight excluding hydrogens is 243 g/mol. The van der Waals surface area contributed by atoms with Crippen LogP contribution < -0.4 is 5.56 Å². The molecule has 19 heavy (non-hydrogen) atoms. The first-order valence-electron chi connectivity index (χ1n) is 5.46. The summed E-state index contributed by atoms with van der Waals surface area (Å²) in [5.41, 5.74) is 1.18. The van der Waals surface area contributed by atoms with Gasteiger partial charge in [0, 0.05) is 16.8 Å². The lowest BCUT2D eigenvalue weighted by molar-refractivity contribution is 0.628. The van der Waals surface area contributed by atoms with Crippen molar-refractivity contribution in [3.63, 3.8) is 0 Å². The molecule has 92 valence electrons. The van der Waals surface area contributed by atoms with E-state index < -0.39 is 11.4 Å². The van der Waals surface area contributed by atoms with Gasteiger partial charge in [-0.15, -0.1) is 6.42 Å². The average molecular weight is 252 g/mol. The molecule has 1 heterocycles. The highest BCUT2D eigenvalue weighted by atomic mass is 19.1. The van der Waals surface area contributed by atoms with Gasteiger partial charge in [-0.3, -0.25) is 4.79 Å². The predicted octanol–water partition coefficient (Wildman–Crippen LogP) is 2.34. The van der Waals surface area contributed by atoms with E-state index in [-0.39, 0.29) is 5.56 Å². The van der Waals surface area contributed by atoms with E-state index in [0.717, 1.165) is 0 Å². The van der Waals surface area contributed by atoms with Crippen LogP contribution in [0.3, 0.4) is 0 Å². The van der Waals surface area contributed by atoms with Crippen molar-refractivity contribution in [2.75, 3.05) is 0 Å². The van der Waals surface area contributed by atoms with E-state index in [0.29, 0.717) is 22.4 Å². The summed E-state index contributed by atoms with van der Waals surface area (Å²) >= 11 is 0. The van der Waals surface area contributed by atoms with Gasteiger partial charge in [0.05, 0.1) is 0 Å². The number of rotatable bonds is 1. The van der Waals surface area contributed by atoms with Crippen LogP contribution in [0.15, 0.2) is 29.1 Å². The second-order valence-electron chi connectivity index (χ2n) is 4.05. The summed E-state index contributed by atoms with van der Waals surface area (Å²) in [7, 11) is 0. The number of aromatic nitrogens is 1. The highest BCUT2D eigenvalue weighted by molar-refractivity contribution is 5.71. The number of aromatic amines is 1. The summed E-state index contributed by atoms with van der Waals surface area (Å²) in [5.74, 6) is 1.83. The van der Waals surface area contributed by atoms with E-state index in [1.54, 1.807) is 19.1 Å². The van der Waals surface area contributed by atoms with Crippen molar-refractivity contribution >= 4 is 0 Å². The third-order valence-corrected chi connectivity index (χ3v) is 2.66. The minimum Gasteiger partial charge on any atom is -0.325 e. The van der Waals surface area contributed by atoms with Crippen molar-refractivity contribution in [1.82, 2.24) is 4.98 Å². The molecule has 0 aliphatic heterocycles. The molecule has 0 aliphatic rings. The fraction of sp³-hybridized carbons (Fsp3) is 0.0667. The minimum atomic E-state index is -0.507. The zero-order valence-electron chi connectivity index (χ0n) is 10.1. The molecule has 0 atom stereocenters. The number of aryl methyl sites for hydroxylation is 1. The molecule has 0 saturated carbocycles. The van der Waals surface area contributed by atoms with Crippen molar-refractivity contribution in [3.05, 3.63) is 57.3 Å². The third-order valence-electron chi connectivity index (χ3n) is 2.66. The third kappa shape index (κ3) is 2.38. The van der Waals surface area contributed by atoms with Gasteiger partial charge in [-0.2, -0.15) is 5.26 Å². The van der Waals surface area contributed by atoms with E-state index in [4.69, 9.17) is 11.7 Å². The van der Waals surface area contributed by atoms with Gasteiger partial charge in [-0.1, -0.05) is 5.92 Å². The van der Waals surface area contributed by atoms with E-state index in [9.17, 15) is 9.18 Å². The van der Waals surface area contributed by atoms with Gasteiger partial charge in [0.15, 0.2) is 0 Å². The molecule has 1 aromatic carbocycles. The number of benzene rings is 1. The van der Waals surface area contributed by atoms with Crippen LogP contribution >= 0.6 is 0 Å². The number of H-pyrrole nitrogens is 1.